The Labute approximate surface area is 112 Å². The van der Waals surface area contributed by atoms with E-state index in [9.17, 15) is 4.79 Å². The molecular formula is C14H17NO4. The van der Waals surface area contributed by atoms with E-state index in [1.807, 2.05) is 0 Å². The van der Waals surface area contributed by atoms with E-state index in [-0.39, 0.29) is 0 Å². The fraction of sp³-hybridized carbons (Fsp3) is 0.500. The molecule has 1 fully saturated rings. The summed E-state index contributed by atoms with van der Waals surface area (Å²) in [6.07, 6.45) is 4.24. The summed E-state index contributed by atoms with van der Waals surface area (Å²) in [7, 11) is 4.73. The predicted molar refractivity (Wildman–Crippen MR) is 69.7 cm³/mol. The number of aliphatic imine (C=N–C) groups is 1. The van der Waals surface area contributed by atoms with Crippen LogP contribution in [0.25, 0.3) is 0 Å². The van der Waals surface area contributed by atoms with Gasteiger partial charge in [-0.1, -0.05) is 0 Å². The molecule has 0 N–H and O–H groups in total. The third-order valence-corrected chi connectivity index (χ3v) is 3.63. The SMILES string of the molecule is COc1ccc(OC)c(C2(N=C=O)CCC2)c1OC. The Hall–Kier alpha value is -2.00. The molecule has 5 nitrogen and oxygen atoms in total. The van der Waals surface area contributed by atoms with Gasteiger partial charge in [-0.05, 0) is 31.4 Å². The van der Waals surface area contributed by atoms with Gasteiger partial charge in [-0.15, -0.1) is 0 Å². The van der Waals surface area contributed by atoms with E-state index in [4.69, 9.17) is 14.2 Å². The van der Waals surface area contributed by atoms with Crippen molar-refractivity contribution in [2.75, 3.05) is 21.3 Å². The van der Waals surface area contributed by atoms with E-state index in [0.29, 0.717) is 17.2 Å². The molecule has 0 spiro atoms. The van der Waals surface area contributed by atoms with Gasteiger partial charge < -0.3 is 14.2 Å². The van der Waals surface area contributed by atoms with Gasteiger partial charge in [0.2, 0.25) is 6.08 Å². The van der Waals surface area contributed by atoms with Crippen LogP contribution >= 0.6 is 0 Å². The Morgan fingerprint density at radius 2 is 1.74 bits per heavy atom. The third kappa shape index (κ3) is 2.06. The van der Waals surface area contributed by atoms with E-state index in [1.54, 1.807) is 39.5 Å². The molecule has 1 aromatic carbocycles. The van der Waals surface area contributed by atoms with Crippen molar-refractivity contribution >= 4 is 6.08 Å². The average molecular weight is 263 g/mol. The van der Waals surface area contributed by atoms with Crippen LogP contribution < -0.4 is 14.2 Å². The highest BCUT2D eigenvalue weighted by atomic mass is 16.5. The molecule has 19 heavy (non-hydrogen) atoms. The van der Waals surface area contributed by atoms with Gasteiger partial charge in [-0.25, -0.2) is 4.79 Å². The summed E-state index contributed by atoms with van der Waals surface area (Å²) in [4.78, 5) is 14.7. The van der Waals surface area contributed by atoms with Gasteiger partial charge in [-0.3, -0.25) is 0 Å². The van der Waals surface area contributed by atoms with Gasteiger partial charge in [-0.2, -0.15) is 4.99 Å². The Bertz CT molecular complexity index is 516. The second-order valence-electron chi connectivity index (χ2n) is 4.47. The van der Waals surface area contributed by atoms with Gasteiger partial charge in [0.25, 0.3) is 0 Å². The van der Waals surface area contributed by atoms with Gasteiger partial charge in [0.15, 0.2) is 11.5 Å². The first-order valence-electron chi connectivity index (χ1n) is 6.11. The lowest BCUT2D eigenvalue weighted by molar-refractivity contribution is 0.232. The number of methoxy groups -OCH3 is 3. The molecule has 1 saturated carbocycles. The van der Waals surface area contributed by atoms with Gasteiger partial charge in [0.1, 0.15) is 11.3 Å². The Morgan fingerprint density at radius 1 is 1.11 bits per heavy atom. The largest absolute Gasteiger partial charge is 0.496 e. The van der Waals surface area contributed by atoms with Crippen LogP contribution in [-0.2, 0) is 10.3 Å². The summed E-state index contributed by atoms with van der Waals surface area (Å²) in [5, 5.41) is 0. The predicted octanol–water partition coefficient (Wildman–Crippen LogP) is 2.43. The molecular weight excluding hydrogens is 246 g/mol. The van der Waals surface area contributed by atoms with Crippen molar-refractivity contribution in [2.45, 2.75) is 24.8 Å². The maximum atomic E-state index is 10.7. The summed E-state index contributed by atoms with van der Waals surface area (Å²) in [6.45, 7) is 0. The molecule has 0 unspecified atom stereocenters. The molecule has 102 valence electrons. The number of isocyanates is 1. The highest BCUT2D eigenvalue weighted by Crippen LogP contribution is 2.53. The number of hydrogen-bond donors (Lipinski definition) is 0. The van der Waals surface area contributed by atoms with Crippen molar-refractivity contribution < 1.29 is 19.0 Å². The summed E-state index contributed by atoms with van der Waals surface area (Å²) in [5.41, 5.74) is 0.180. The minimum absolute atomic E-state index is 0.570. The molecule has 1 aromatic rings. The monoisotopic (exact) mass is 263 g/mol. The number of benzene rings is 1. The molecule has 0 aromatic heterocycles. The molecule has 0 aliphatic heterocycles. The van der Waals surface area contributed by atoms with Crippen molar-refractivity contribution in [3.63, 3.8) is 0 Å². The first-order chi connectivity index (χ1) is 9.22. The number of nitrogens with zero attached hydrogens (tertiary/aromatic N) is 1. The zero-order valence-electron chi connectivity index (χ0n) is 11.4. The minimum Gasteiger partial charge on any atom is -0.496 e. The summed E-state index contributed by atoms with van der Waals surface area (Å²) < 4.78 is 16.1. The molecule has 0 heterocycles. The van der Waals surface area contributed by atoms with Crippen LogP contribution in [0.3, 0.4) is 0 Å². The molecule has 0 atom stereocenters. The van der Waals surface area contributed by atoms with Crippen LogP contribution in [0.5, 0.6) is 17.2 Å². The Kier molecular flexibility index (Phi) is 3.76. The number of hydrogen-bond acceptors (Lipinski definition) is 5. The maximum Gasteiger partial charge on any atom is 0.235 e. The van der Waals surface area contributed by atoms with Gasteiger partial charge in [0, 0.05) is 0 Å². The molecule has 0 bridgehead atoms. The van der Waals surface area contributed by atoms with E-state index in [1.165, 1.54) is 0 Å². The third-order valence-electron chi connectivity index (χ3n) is 3.63. The fourth-order valence-electron chi connectivity index (χ4n) is 2.54. The lowest BCUT2D eigenvalue weighted by Gasteiger charge is -2.38. The standard InChI is InChI=1S/C14H17NO4/c1-17-10-5-6-11(18-2)13(19-3)12(10)14(15-9-16)7-4-8-14/h5-6H,4,7-8H2,1-3H3. The zero-order valence-corrected chi connectivity index (χ0v) is 11.4. The van der Waals surface area contributed by atoms with Crippen molar-refractivity contribution in [1.82, 2.24) is 0 Å². The molecule has 1 aliphatic carbocycles. The Balaban J connectivity index is 2.67. The van der Waals surface area contributed by atoms with E-state index in [2.05, 4.69) is 4.99 Å². The van der Waals surface area contributed by atoms with Gasteiger partial charge >= 0.3 is 0 Å². The molecule has 0 amide bonds. The number of carbonyl (C=O) groups excluding carboxylic acids is 1. The van der Waals surface area contributed by atoms with E-state index >= 15 is 0 Å². The summed E-state index contributed by atoms with van der Waals surface area (Å²) in [5.74, 6) is 1.82. The summed E-state index contributed by atoms with van der Waals surface area (Å²) >= 11 is 0. The van der Waals surface area contributed by atoms with Crippen LogP contribution in [0.4, 0.5) is 0 Å². The summed E-state index contributed by atoms with van der Waals surface area (Å²) in [6, 6.07) is 3.58. The van der Waals surface area contributed by atoms with Crippen molar-refractivity contribution in [3.05, 3.63) is 17.7 Å². The van der Waals surface area contributed by atoms with Crippen molar-refractivity contribution in [2.24, 2.45) is 4.99 Å². The normalized spacial score (nSPS) is 15.9. The van der Waals surface area contributed by atoms with Crippen LogP contribution in [0.2, 0.25) is 0 Å². The number of ether oxygens (including phenoxy) is 3. The molecule has 0 radical (unpaired) electrons. The van der Waals surface area contributed by atoms with Gasteiger partial charge in [0.05, 0.1) is 26.9 Å². The quantitative estimate of drug-likeness (QED) is 0.604. The average Bonchev–Trinajstić information content (AvgIpc) is 2.41. The first kappa shape index (κ1) is 13.4. The van der Waals surface area contributed by atoms with E-state index < -0.39 is 5.54 Å². The minimum atomic E-state index is -0.590. The lowest BCUT2D eigenvalue weighted by atomic mass is 9.71. The second kappa shape index (κ2) is 5.33. The zero-order chi connectivity index (χ0) is 13.9. The van der Waals surface area contributed by atoms with Crippen molar-refractivity contribution in [1.29, 1.82) is 0 Å². The van der Waals surface area contributed by atoms with Crippen molar-refractivity contribution in [3.8, 4) is 17.2 Å². The fourth-order valence-corrected chi connectivity index (χ4v) is 2.54. The topological polar surface area (TPSA) is 57.1 Å². The molecule has 5 heteroatoms. The van der Waals surface area contributed by atoms with Crippen LogP contribution in [-0.4, -0.2) is 27.4 Å². The van der Waals surface area contributed by atoms with Crippen LogP contribution in [0.15, 0.2) is 17.1 Å². The molecule has 1 aliphatic rings. The van der Waals surface area contributed by atoms with Crippen LogP contribution in [0, 0.1) is 0 Å². The van der Waals surface area contributed by atoms with Crippen LogP contribution in [0.1, 0.15) is 24.8 Å². The maximum absolute atomic E-state index is 10.7. The molecule has 2 rings (SSSR count). The molecule has 0 saturated heterocycles. The first-order valence-corrected chi connectivity index (χ1v) is 6.11. The lowest BCUT2D eigenvalue weighted by Crippen LogP contribution is -2.33. The second-order valence-corrected chi connectivity index (χ2v) is 4.47. The van der Waals surface area contributed by atoms with E-state index in [0.717, 1.165) is 24.8 Å². The highest BCUT2D eigenvalue weighted by Gasteiger charge is 2.44. The Morgan fingerprint density at radius 3 is 2.16 bits per heavy atom. The smallest absolute Gasteiger partial charge is 0.235 e. The highest BCUT2D eigenvalue weighted by molar-refractivity contribution is 5.59. The number of rotatable bonds is 5.